The summed E-state index contributed by atoms with van der Waals surface area (Å²) in [5.41, 5.74) is 9.08. The topological polar surface area (TPSA) is 63.8 Å². The molecule has 0 amide bonds. The molecule has 0 saturated carbocycles. The van der Waals surface area contributed by atoms with Gasteiger partial charge < -0.3 is 11.1 Å². The minimum Gasteiger partial charge on any atom is -0.366 e. The number of rotatable bonds is 5. The second-order valence-electron chi connectivity index (χ2n) is 5.02. The van der Waals surface area contributed by atoms with Crippen LogP contribution in [0, 0.1) is 6.92 Å². The van der Waals surface area contributed by atoms with Crippen LogP contribution in [0.15, 0.2) is 47.8 Å². The summed E-state index contributed by atoms with van der Waals surface area (Å²) in [6.07, 6.45) is 0. The predicted octanol–water partition coefficient (Wildman–Crippen LogP) is 3.58. The Morgan fingerprint density at radius 2 is 1.91 bits per heavy atom. The maximum atomic E-state index is 5.78. The van der Waals surface area contributed by atoms with Crippen LogP contribution in [-0.4, -0.2) is 9.97 Å². The minimum atomic E-state index is 0.543. The van der Waals surface area contributed by atoms with Crippen LogP contribution in [0.3, 0.4) is 0 Å². The van der Waals surface area contributed by atoms with Crippen molar-refractivity contribution < 1.29 is 0 Å². The summed E-state index contributed by atoms with van der Waals surface area (Å²) in [5.74, 6) is 1.60. The van der Waals surface area contributed by atoms with Gasteiger partial charge in [-0.15, -0.1) is 11.3 Å². The van der Waals surface area contributed by atoms with Gasteiger partial charge in [0.05, 0.1) is 4.88 Å². The fraction of sp³-hybridized carbons (Fsp3) is 0.176. The summed E-state index contributed by atoms with van der Waals surface area (Å²) in [7, 11) is 0. The van der Waals surface area contributed by atoms with Crippen LogP contribution in [0.2, 0.25) is 0 Å². The van der Waals surface area contributed by atoms with Gasteiger partial charge in [-0.05, 0) is 29.5 Å². The summed E-state index contributed by atoms with van der Waals surface area (Å²) >= 11 is 1.64. The van der Waals surface area contributed by atoms with Crippen molar-refractivity contribution in [1.82, 2.24) is 9.97 Å². The first kappa shape index (κ1) is 14.7. The van der Waals surface area contributed by atoms with Crippen molar-refractivity contribution in [2.45, 2.75) is 20.0 Å². The summed E-state index contributed by atoms with van der Waals surface area (Å²) in [6, 6.07) is 14.2. The van der Waals surface area contributed by atoms with Crippen LogP contribution in [0.4, 0.5) is 5.82 Å². The molecule has 4 nitrogen and oxygen atoms in total. The van der Waals surface area contributed by atoms with E-state index in [9.17, 15) is 0 Å². The largest absolute Gasteiger partial charge is 0.366 e. The van der Waals surface area contributed by atoms with Crippen LogP contribution in [0.1, 0.15) is 16.8 Å². The van der Waals surface area contributed by atoms with Crippen LogP contribution < -0.4 is 11.1 Å². The van der Waals surface area contributed by atoms with Gasteiger partial charge in [0.15, 0.2) is 5.82 Å². The van der Waals surface area contributed by atoms with E-state index in [-0.39, 0.29) is 0 Å². The third-order valence-electron chi connectivity index (χ3n) is 3.39. The van der Waals surface area contributed by atoms with Gasteiger partial charge in [0.2, 0.25) is 0 Å². The first-order valence-corrected chi connectivity index (χ1v) is 8.04. The van der Waals surface area contributed by atoms with Gasteiger partial charge in [0.25, 0.3) is 0 Å². The van der Waals surface area contributed by atoms with Crippen molar-refractivity contribution >= 4 is 17.2 Å². The fourth-order valence-electron chi connectivity index (χ4n) is 2.29. The Hall–Kier alpha value is -2.24. The number of nitrogens with zero attached hydrogens (tertiary/aromatic N) is 2. The van der Waals surface area contributed by atoms with Crippen LogP contribution >= 0.6 is 11.3 Å². The monoisotopic (exact) mass is 310 g/mol. The number of aromatic nitrogens is 2. The van der Waals surface area contributed by atoms with E-state index in [0.717, 1.165) is 27.8 Å². The molecule has 0 bridgehead atoms. The molecule has 0 unspecified atom stereocenters. The highest BCUT2D eigenvalue weighted by Crippen LogP contribution is 2.23. The Balaban J connectivity index is 1.81. The van der Waals surface area contributed by atoms with Crippen molar-refractivity contribution in [2.24, 2.45) is 5.73 Å². The zero-order chi connectivity index (χ0) is 15.4. The van der Waals surface area contributed by atoms with E-state index in [1.807, 2.05) is 42.6 Å². The summed E-state index contributed by atoms with van der Waals surface area (Å²) in [5, 5.41) is 5.41. The highest BCUT2D eigenvalue weighted by Gasteiger charge is 2.06. The SMILES string of the molecule is Cc1cc(NCc2ccccc2CN)nc(-c2cccs2)n1. The van der Waals surface area contributed by atoms with Crippen LogP contribution in [0.25, 0.3) is 10.7 Å². The van der Waals surface area contributed by atoms with E-state index < -0.39 is 0 Å². The molecule has 2 heterocycles. The maximum absolute atomic E-state index is 5.78. The molecule has 1 aromatic carbocycles. The molecule has 22 heavy (non-hydrogen) atoms. The number of aryl methyl sites for hydroxylation is 1. The average Bonchev–Trinajstić information content (AvgIpc) is 3.07. The Morgan fingerprint density at radius 1 is 1.09 bits per heavy atom. The number of anilines is 1. The third kappa shape index (κ3) is 3.32. The second-order valence-corrected chi connectivity index (χ2v) is 5.97. The van der Waals surface area contributed by atoms with Gasteiger partial charge in [-0.3, -0.25) is 0 Å². The Labute approximate surface area is 134 Å². The van der Waals surface area contributed by atoms with E-state index >= 15 is 0 Å². The van der Waals surface area contributed by atoms with Crippen LogP contribution in [0.5, 0.6) is 0 Å². The number of nitrogens with one attached hydrogen (secondary N) is 1. The highest BCUT2D eigenvalue weighted by molar-refractivity contribution is 7.13. The highest BCUT2D eigenvalue weighted by atomic mass is 32.1. The van der Waals surface area contributed by atoms with Gasteiger partial charge >= 0.3 is 0 Å². The second kappa shape index (κ2) is 6.68. The Kier molecular flexibility index (Phi) is 4.46. The zero-order valence-corrected chi connectivity index (χ0v) is 13.2. The molecule has 0 spiro atoms. The molecule has 5 heteroatoms. The Morgan fingerprint density at radius 3 is 2.64 bits per heavy atom. The molecule has 112 valence electrons. The molecule has 3 rings (SSSR count). The van der Waals surface area contributed by atoms with E-state index in [1.54, 1.807) is 11.3 Å². The predicted molar refractivity (Wildman–Crippen MR) is 91.7 cm³/mol. The van der Waals surface area contributed by atoms with Crippen molar-refractivity contribution in [1.29, 1.82) is 0 Å². The van der Waals surface area contributed by atoms with Gasteiger partial charge in [-0.1, -0.05) is 30.3 Å². The van der Waals surface area contributed by atoms with Gasteiger partial charge in [0.1, 0.15) is 5.82 Å². The molecule has 0 saturated heterocycles. The lowest BCUT2D eigenvalue weighted by Gasteiger charge is -2.11. The zero-order valence-electron chi connectivity index (χ0n) is 12.4. The standard InChI is InChI=1S/C17H18N4S/c1-12-9-16(21-17(20-12)15-7-4-8-22-15)19-11-14-6-3-2-5-13(14)10-18/h2-9H,10-11,18H2,1H3,(H,19,20,21). The molecule has 0 radical (unpaired) electrons. The van der Waals surface area contributed by atoms with Gasteiger partial charge in [-0.2, -0.15) is 0 Å². The van der Waals surface area contributed by atoms with Gasteiger partial charge in [-0.25, -0.2) is 9.97 Å². The first-order valence-electron chi connectivity index (χ1n) is 7.16. The summed E-state index contributed by atoms with van der Waals surface area (Å²) in [4.78, 5) is 10.2. The number of thiophene rings is 1. The molecule has 0 aliphatic rings. The van der Waals surface area contributed by atoms with Crippen LogP contribution in [-0.2, 0) is 13.1 Å². The fourth-order valence-corrected chi connectivity index (χ4v) is 2.95. The quantitative estimate of drug-likeness (QED) is 0.756. The van der Waals surface area contributed by atoms with E-state index in [4.69, 9.17) is 5.73 Å². The lowest BCUT2D eigenvalue weighted by molar-refractivity contribution is 0.996. The first-order chi connectivity index (χ1) is 10.8. The molecule has 3 N–H and O–H groups in total. The normalized spacial score (nSPS) is 10.6. The molecule has 0 aliphatic carbocycles. The summed E-state index contributed by atoms with van der Waals surface area (Å²) < 4.78 is 0. The lowest BCUT2D eigenvalue weighted by Crippen LogP contribution is -2.08. The molecule has 0 atom stereocenters. The maximum Gasteiger partial charge on any atom is 0.171 e. The van der Waals surface area contributed by atoms with Crippen molar-refractivity contribution in [2.75, 3.05) is 5.32 Å². The average molecular weight is 310 g/mol. The Bertz CT molecular complexity index is 753. The molecule has 2 aromatic heterocycles. The lowest BCUT2D eigenvalue weighted by atomic mass is 10.1. The van der Waals surface area contributed by atoms with Gasteiger partial charge in [0, 0.05) is 24.8 Å². The molecular weight excluding hydrogens is 292 g/mol. The van der Waals surface area contributed by atoms with Crippen molar-refractivity contribution in [3.05, 3.63) is 64.7 Å². The van der Waals surface area contributed by atoms with E-state index in [1.165, 1.54) is 5.56 Å². The summed E-state index contributed by atoms with van der Waals surface area (Å²) in [6.45, 7) is 3.23. The number of benzene rings is 1. The minimum absolute atomic E-state index is 0.543. The molecule has 0 fully saturated rings. The number of hydrogen-bond donors (Lipinski definition) is 2. The van der Waals surface area contributed by atoms with E-state index in [2.05, 4.69) is 27.4 Å². The third-order valence-corrected chi connectivity index (χ3v) is 4.26. The molecular formula is C17H18N4S. The molecule has 3 aromatic rings. The molecule has 0 aliphatic heterocycles. The van der Waals surface area contributed by atoms with E-state index in [0.29, 0.717) is 13.1 Å². The van der Waals surface area contributed by atoms with Crippen molar-refractivity contribution in [3.8, 4) is 10.7 Å². The van der Waals surface area contributed by atoms with Crippen molar-refractivity contribution in [3.63, 3.8) is 0 Å². The number of nitrogens with two attached hydrogens (primary N) is 1. The smallest absolute Gasteiger partial charge is 0.171 e. The number of hydrogen-bond acceptors (Lipinski definition) is 5.